The molecule has 1 atom stereocenters. The fraction of sp³-hybridized carbons (Fsp3) is 0.389. The summed E-state index contributed by atoms with van der Waals surface area (Å²) in [7, 11) is 0. The fourth-order valence-corrected chi connectivity index (χ4v) is 3.37. The first-order chi connectivity index (χ1) is 12.1. The van der Waals surface area contributed by atoms with Gasteiger partial charge in [0.05, 0.1) is 11.8 Å². The number of amides is 1. The Kier molecular flexibility index (Phi) is 5.53. The van der Waals surface area contributed by atoms with Crippen LogP contribution in [0.25, 0.3) is 0 Å². The van der Waals surface area contributed by atoms with Crippen molar-refractivity contribution in [2.45, 2.75) is 43.4 Å². The van der Waals surface area contributed by atoms with Crippen molar-refractivity contribution in [2.75, 3.05) is 5.75 Å². The van der Waals surface area contributed by atoms with Gasteiger partial charge in [0.2, 0.25) is 5.91 Å². The van der Waals surface area contributed by atoms with Gasteiger partial charge in [-0.25, -0.2) is 4.39 Å². The molecule has 1 unspecified atom stereocenters. The molecule has 1 aromatic carbocycles. The molecule has 1 N–H and O–H groups in total. The Morgan fingerprint density at radius 3 is 2.80 bits per heavy atom. The zero-order valence-electron chi connectivity index (χ0n) is 14.1. The molecule has 7 heteroatoms. The van der Waals surface area contributed by atoms with E-state index in [1.807, 2.05) is 17.6 Å². The maximum atomic E-state index is 13.0. The van der Waals surface area contributed by atoms with E-state index in [9.17, 15) is 9.18 Å². The van der Waals surface area contributed by atoms with Gasteiger partial charge < -0.3 is 9.88 Å². The molecule has 0 bridgehead atoms. The number of hydrogen-bond acceptors (Lipinski definition) is 4. The third-order valence-corrected chi connectivity index (χ3v) is 5.05. The number of benzene rings is 1. The minimum atomic E-state index is -0.286. The largest absolute Gasteiger partial charge is 0.349 e. The van der Waals surface area contributed by atoms with Gasteiger partial charge in [0, 0.05) is 12.5 Å². The van der Waals surface area contributed by atoms with Gasteiger partial charge in [0.15, 0.2) is 5.16 Å². The van der Waals surface area contributed by atoms with E-state index >= 15 is 0 Å². The van der Waals surface area contributed by atoms with Crippen LogP contribution in [0.2, 0.25) is 0 Å². The summed E-state index contributed by atoms with van der Waals surface area (Å²) >= 11 is 1.37. The lowest BCUT2D eigenvalue weighted by molar-refractivity contribution is -0.119. The highest BCUT2D eigenvalue weighted by Gasteiger charge is 2.30. The molecule has 3 rings (SSSR count). The van der Waals surface area contributed by atoms with Crippen LogP contribution in [0.4, 0.5) is 4.39 Å². The molecular formula is C18H21FN4OS. The van der Waals surface area contributed by atoms with Crippen LogP contribution in [-0.2, 0) is 11.3 Å². The van der Waals surface area contributed by atoms with E-state index in [2.05, 4.69) is 22.1 Å². The standard InChI is InChI=1S/C18H21FN4OS/c1-3-10-23-17(14-4-5-14)21-22-18(23)25-11-16(24)20-12(2)13-6-8-15(19)9-7-13/h3,6-9,12,14H,1,4-5,10-11H2,2H3,(H,20,24). The highest BCUT2D eigenvalue weighted by atomic mass is 32.2. The molecule has 1 heterocycles. The lowest BCUT2D eigenvalue weighted by Crippen LogP contribution is -2.28. The van der Waals surface area contributed by atoms with E-state index in [4.69, 9.17) is 0 Å². The van der Waals surface area contributed by atoms with Gasteiger partial charge in [0.25, 0.3) is 0 Å². The normalized spacial score (nSPS) is 15.0. The lowest BCUT2D eigenvalue weighted by atomic mass is 10.1. The Morgan fingerprint density at radius 2 is 2.16 bits per heavy atom. The summed E-state index contributed by atoms with van der Waals surface area (Å²) in [5.74, 6) is 1.36. The molecule has 0 spiro atoms. The average Bonchev–Trinajstić information content (AvgIpc) is 3.36. The molecule has 0 saturated heterocycles. The van der Waals surface area contributed by atoms with Crippen molar-refractivity contribution in [2.24, 2.45) is 0 Å². The van der Waals surface area contributed by atoms with Crippen LogP contribution in [0.3, 0.4) is 0 Å². The van der Waals surface area contributed by atoms with Gasteiger partial charge >= 0.3 is 0 Å². The first-order valence-corrected chi connectivity index (χ1v) is 9.28. The Labute approximate surface area is 150 Å². The molecule has 25 heavy (non-hydrogen) atoms. The van der Waals surface area contributed by atoms with Crippen LogP contribution >= 0.6 is 11.8 Å². The molecule has 5 nitrogen and oxygen atoms in total. The van der Waals surface area contributed by atoms with Crippen LogP contribution in [0.5, 0.6) is 0 Å². The highest BCUT2D eigenvalue weighted by Crippen LogP contribution is 2.40. The number of allylic oxidation sites excluding steroid dienone is 1. The minimum Gasteiger partial charge on any atom is -0.349 e. The minimum absolute atomic E-state index is 0.0945. The summed E-state index contributed by atoms with van der Waals surface area (Å²) in [6.45, 7) is 6.30. The summed E-state index contributed by atoms with van der Waals surface area (Å²) in [6.07, 6.45) is 4.11. The fourth-order valence-electron chi connectivity index (χ4n) is 2.60. The van der Waals surface area contributed by atoms with Crippen molar-refractivity contribution in [3.8, 4) is 0 Å². The quantitative estimate of drug-likeness (QED) is 0.579. The number of hydrogen-bond donors (Lipinski definition) is 1. The molecule has 2 aromatic rings. The van der Waals surface area contributed by atoms with E-state index in [1.165, 1.54) is 23.9 Å². The average molecular weight is 360 g/mol. The van der Waals surface area contributed by atoms with Gasteiger partial charge in [-0.1, -0.05) is 30.0 Å². The number of nitrogens with one attached hydrogen (secondary N) is 1. The second-order valence-electron chi connectivity index (χ2n) is 6.14. The Morgan fingerprint density at radius 1 is 1.44 bits per heavy atom. The molecule has 1 aliphatic carbocycles. The number of thioether (sulfide) groups is 1. The van der Waals surface area contributed by atoms with E-state index < -0.39 is 0 Å². The van der Waals surface area contributed by atoms with Gasteiger partial charge in [-0.2, -0.15) is 0 Å². The first-order valence-electron chi connectivity index (χ1n) is 8.30. The summed E-state index contributed by atoms with van der Waals surface area (Å²) in [5, 5.41) is 12.2. The summed E-state index contributed by atoms with van der Waals surface area (Å²) in [6, 6.07) is 5.96. The Bertz CT molecular complexity index is 755. The summed E-state index contributed by atoms with van der Waals surface area (Å²) < 4.78 is 15.0. The van der Waals surface area contributed by atoms with E-state index in [0.29, 0.717) is 12.5 Å². The molecule has 1 fully saturated rings. The van der Waals surface area contributed by atoms with Crippen molar-refractivity contribution in [3.63, 3.8) is 0 Å². The van der Waals surface area contributed by atoms with Gasteiger partial charge in [-0.05, 0) is 37.5 Å². The molecule has 0 aliphatic heterocycles. The van der Waals surface area contributed by atoms with Crippen LogP contribution in [0.1, 0.15) is 43.1 Å². The number of nitrogens with zero attached hydrogens (tertiary/aromatic N) is 3. The maximum absolute atomic E-state index is 13.0. The van der Waals surface area contributed by atoms with Crippen LogP contribution < -0.4 is 5.32 Å². The van der Waals surface area contributed by atoms with Crippen molar-refractivity contribution in [3.05, 3.63) is 54.1 Å². The molecule has 1 saturated carbocycles. The zero-order chi connectivity index (χ0) is 17.8. The zero-order valence-corrected chi connectivity index (χ0v) is 14.9. The SMILES string of the molecule is C=CCn1c(SCC(=O)NC(C)c2ccc(F)cc2)nnc1C1CC1. The van der Waals surface area contributed by atoms with Crippen molar-refractivity contribution in [1.29, 1.82) is 0 Å². The number of carbonyl (C=O) groups excluding carboxylic acids is 1. The van der Waals surface area contributed by atoms with Crippen LogP contribution in [0.15, 0.2) is 42.1 Å². The van der Waals surface area contributed by atoms with E-state index in [0.717, 1.165) is 29.4 Å². The van der Waals surface area contributed by atoms with Gasteiger partial charge in [-0.3, -0.25) is 4.79 Å². The van der Waals surface area contributed by atoms with Crippen LogP contribution in [-0.4, -0.2) is 26.4 Å². The number of rotatable bonds is 8. The second-order valence-corrected chi connectivity index (χ2v) is 7.09. The predicted octanol–water partition coefficient (Wildman–Crippen LogP) is 3.45. The van der Waals surface area contributed by atoms with Gasteiger partial charge in [-0.15, -0.1) is 16.8 Å². The third-order valence-electron chi connectivity index (χ3n) is 4.08. The van der Waals surface area contributed by atoms with Crippen molar-refractivity contribution >= 4 is 17.7 Å². The highest BCUT2D eigenvalue weighted by molar-refractivity contribution is 7.99. The van der Waals surface area contributed by atoms with Crippen molar-refractivity contribution in [1.82, 2.24) is 20.1 Å². The predicted molar refractivity (Wildman–Crippen MR) is 95.9 cm³/mol. The van der Waals surface area contributed by atoms with E-state index in [1.54, 1.807) is 12.1 Å². The number of halogens is 1. The summed E-state index contributed by atoms with van der Waals surface area (Å²) in [4.78, 5) is 12.2. The topological polar surface area (TPSA) is 59.8 Å². The lowest BCUT2D eigenvalue weighted by Gasteiger charge is -2.14. The number of aromatic nitrogens is 3. The molecule has 1 aromatic heterocycles. The molecule has 132 valence electrons. The maximum Gasteiger partial charge on any atom is 0.230 e. The first kappa shape index (κ1) is 17.7. The molecule has 1 aliphatic rings. The second kappa shape index (κ2) is 7.82. The van der Waals surface area contributed by atoms with Crippen molar-refractivity contribution < 1.29 is 9.18 Å². The monoisotopic (exact) mass is 360 g/mol. The smallest absolute Gasteiger partial charge is 0.230 e. The number of carbonyl (C=O) groups is 1. The Hall–Kier alpha value is -2.15. The van der Waals surface area contributed by atoms with E-state index in [-0.39, 0.29) is 23.5 Å². The molecule has 1 amide bonds. The summed E-state index contributed by atoms with van der Waals surface area (Å²) in [5.41, 5.74) is 0.866. The molecular weight excluding hydrogens is 339 g/mol. The van der Waals surface area contributed by atoms with Gasteiger partial charge in [0.1, 0.15) is 11.6 Å². The van der Waals surface area contributed by atoms with Crippen LogP contribution in [0, 0.1) is 5.82 Å². The Balaban J connectivity index is 1.57. The third kappa shape index (κ3) is 4.48. The molecule has 0 radical (unpaired) electrons.